The van der Waals surface area contributed by atoms with E-state index in [1.165, 1.54) is 75.2 Å². The van der Waals surface area contributed by atoms with E-state index in [2.05, 4.69) is 254 Å². The molecule has 4 aliphatic rings. The van der Waals surface area contributed by atoms with Gasteiger partial charge in [0.05, 0.1) is 0 Å². The molecule has 0 aromatic heterocycles. The van der Waals surface area contributed by atoms with Gasteiger partial charge in [-0.2, -0.15) is 0 Å². The van der Waals surface area contributed by atoms with Crippen LogP contribution < -0.4 is 9.80 Å². The van der Waals surface area contributed by atoms with E-state index in [0.29, 0.717) is 23.7 Å². The average molecular weight is 841 g/mol. The van der Waals surface area contributed by atoms with Gasteiger partial charge in [-0.05, 0) is 142 Å². The Labute approximate surface area is 385 Å². The molecule has 4 atom stereocenters. The van der Waals surface area contributed by atoms with Crippen molar-refractivity contribution in [2.45, 2.75) is 62.7 Å². The summed E-state index contributed by atoms with van der Waals surface area (Å²) in [7, 11) is 0. The fourth-order valence-electron chi connectivity index (χ4n) is 11.0. The highest BCUT2D eigenvalue weighted by molar-refractivity contribution is 5.88. The number of fused-ring (bicyclic) bond motifs is 3. The van der Waals surface area contributed by atoms with E-state index in [1.807, 2.05) is 0 Å². The van der Waals surface area contributed by atoms with E-state index >= 15 is 0 Å². The summed E-state index contributed by atoms with van der Waals surface area (Å²) in [6.07, 6.45) is 24.0. The number of hydrogen-bond donors (Lipinski definition) is 0. The normalized spacial score (nSPS) is 20.3. The summed E-state index contributed by atoms with van der Waals surface area (Å²) >= 11 is 0. The summed E-state index contributed by atoms with van der Waals surface area (Å²) < 4.78 is 0. The third kappa shape index (κ3) is 7.82. The molecule has 0 saturated carbocycles. The first-order valence-corrected chi connectivity index (χ1v) is 23.6. The van der Waals surface area contributed by atoms with Crippen LogP contribution in [0.15, 0.2) is 242 Å². The third-order valence-corrected chi connectivity index (χ3v) is 14.5. The van der Waals surface area contributed by atoms with Crippen LogP contribution >= 0.6 is 0 Å². The Kier molecular flexibility index (Phi) is 10.9. The van der Waals surface area contributed by atoms with Gasteiger partial charge < -0.3 is 9.80 Å². The van der Waals surface area contributed by atoms with Crippen molar-refractivity contribution in [3.05, 3.63) is 264 Å². The molecule has 11 rings (SSSR count). The highest BCUT2D eigenvalue weighted by atomic mass is 15.2. The molecule has 0 amide bonds. The second-order valence-electron chi connectivity index (χ2n) is 18.8. The van der Waals surface area contributed by atoms with Crippen molar-refractivity contribution in [3.63, 3.8) is 0 Å². The van der Waals surface area contributed by atoms with Crippen LogP contribution in [0.2, 0.25) is 0 Å². The Morgan fingerprint density at radius 1 is 0.492 bits per heavy atom. The van der Waals surface area contributed by atoms with Crippen LogP contribution in [0, 0.1) is 5.92 Å². The fourth-order valence-corrected chi connectivity index (χ4v) is 11.0. The molecule has 0 N–H and O–H groups in total. The molecule has 65 heavy (non-hydrogen) atoms. The number of hydrogen-bond acceptors (Lipinski definition) is 2. The highest BCUT2D eigenvalue weighted by Gasteiger charge is 2.45. The summed E-state index contributed by atoms with van der Waals surface area (Å²) in [6.45, 7) is 4.85. The minimum Gasteiger partial charge on any atom is -0.311 e. The molecule has 0 saturated heterocycles. The predicted octanol–water partition coefficient (Wildman–Crippen LogP) is 16.9. The highest BCUT2D eigenvalue weighted by Crippen LogP contribution is 2.54. The molecule has 318 valence electrons. The van der Waals surface area contributed by atoms with Crippen LogP contribution in [0.4, 0.5) is 22.7 Å². The largest absolute Gasteiger partial charge is 0.311 e. The first-order valence-electron chi connectivity index (χ1n) is 23.6. The van der Waals surface area contributed by atoms with E-state index in [1.54, 1.807) is 0 Å². The molecule has 4 aliphatic carbocycles. The summed E-state index contributed by atoms with van der Waals surface area (Å²) in [6, 6.07) is 67.1. The van der Waals surface area contributed by atoms with Gasteiger partial charge in [-0.25, -0.2) is 0 Å². The van der Waals surface area contributed by atoms with Crippen LogP contribution in [0.25, 0.3) is 22.3 Å². The zero-order valence-corrected chi connectivity index (χ0v) is 37.5. The molecule has 2 nitrogen and oxygen atoms in total. The molecule has 0 spiro atoms. The molecule has 0 radical (unpaired) electrons. The van der Waals surface area contributed by atoms with Crippen molar-refractivity contribution in [3.8, 4) is 22.3 Å². The molecular weight excluding hydrogens is 785 g/mol. The first-order chi connectivity index (χ1) is 32.0. The van der Waals surface area contributed by atoms with Gasteiger partial charge in [0.15, 0.2) is 0 Å². The van der Waals surface area contributed by atoms with E-state index in [-0.39, 0.29) is 5.41 Å². The first kappa shape index (κ1) is 40.6. The van der Waals surface area contributed by atoms with Gasteiger partial charge in [0, 0.05) is 51.9 Å². The van der Waals surface area contributed by atoms with Crippen LogP contribution in [0.1, 0.15) is 79.5 Å². The fraction of sp³-hybridized carbons (Fsp3) is 0.175. The van der Waals surface area contributed by atoms with Gasteiger partial charge in [0.2, 0.25) is 0 Å². The molecular formula is C63H56N2. The molecule has 7 aromatic rings. The van der Waals surface area contributed by atoms with Gasteiger partial charge >= 0.3 is 0 Å². The smallest absolute Gasteiger partial charge is 0.0467 e. The molecule has 2 heteroatoms. The van der Waals surface area contributed by atoms with Crippen molar-refractivity contribution in [2.75, 3.05) is 9.80 Å². The maximum Gasteiger partial charge on any atom is 0.0467 e. The predicted molar refractivity (Wildman–Crippen MR) is 274 cm³/mol. The lowest BCUT2D eigenvalue weighted by molar-refractivity contribution is 0.392. The maximum atomic E-state index is 2.57. The number of para-hydroxylation sites is 1. The Balaban J connectivity index is 0.978. The number of anilines is 4. The monoisotopic (exact) mass is 840 g/mol. The van der Waals surface area contributed by atoms with Crippen molar-refractivity contribution in [2.24, 2.45) is 5.92 Å². The Bertz CT molecular complexity index is 2950. The molecule has 7 aromatic carbocycles. The van der Waals surface area contributed by atoms with Crippen molar-refractivity contribution in [1.29, 1.82) is 0 Å². The quantitative estimate of drug-likeness (QED) is 0.127. The van der Waals surface area contributed by atoms with E-state index in [9.17, 15) is 0 Å². The van der Waals surface area contributed by atoms with Crippen molar-refractivity contribution >= 4 is 22.7 Å². The number of benzene rings is 7. The van der Waals surface area contributed by atoms with E-state index in [4.69, 9.17) is 0 Å². The third-order valence-electron chi connectivity index (χ3n) is 14.5. The molecule has 0 heterocycles. The van der Waals surface area contributed by atoms with Gasteiger partial charge in [0.1, 0.15) is 0 Å². The molecule has 0 bridgehead atoms. The zero-order chi connectivity index (χ0) is 43.7. The lowest BCUT2D eigenvalue weighted by Gasteiger charge is -2.36. The lowest BCUT2D eigenvalue weighted by Crippen LogP contribution is -2.29. The maximum absolute atomic E-state index is 2.57. The van der Waals surface area contributed by atoms with E-state index < -0.39 is 0 Å². The topological polar surface area (TPSA) is 6.48 Å². The van der Waals surface area contributed by atoms with Gasteiger partial charge in [-0.15, -0.1) is 0 Å². The molecule has 0 fully saturated rings. The van der Waals surface area contributed by atoms with Crippen LogP contribution in [-0.2, 0) is 5.41 Å². The minimum atomic E-state index is 0.00935. The van der Waals surface area contributed by atoms with Gasteiger partial charge in [-0.3, -0.25) is 0 Å². The molecule has 4 unspecified atom stereocenters. The Morgan fingerprint density at radius 3 is 1.82 bits per heavy atom. The molecule has 0 aliphatic heterocycles. The SMILES string of the molecule is CC1(C)c2ccccc2C2C=CC(N(C3=CCC(c4ccccc4)C=C3)c3ccc(-c4ccc(N(c5ccccc5)c5ccc(C6C=CCCC6)cc5)cc4)c(-c4ccccc4)c3)=CC21. The van der Waals surface area contributed by atoms with E-state index in [0.717, 1.165) is 29.2 Å². The Morgan fingerprint density at radius 2 is 1.11 bits per heavy atom. The van der Waals surface area contributed by atoms with Crippen molar-refractivity contribution < 1.29 is 0 Å². The lowest BCUT2D eigenvalue weighted by atomic mass is 9.74. The standard InChI is InChI=1S/C63H56N2/c1-63(2)61-26-16-15-25-58(61)59-42-40-56(44-62(59)63)65(54-35-29-48(30-36-54)46-19-9-4-10-20-46)55-39-41-57(60(43-55)49-21-11-5-12-22-49)50-31-37-53(38-32-50)64(51-23-13-6-14-24-51)52-33-27-47(28-34-52)45-17-7-3-8-18-45/h4-7,9-17,19-29,31-45,48,59,62H,3,8,18,30H2,1-2H3. The summed E-state index contributed by atoms with van der Waals surface area (Å²) in [5.41, 5.74) is 17.5. The van der Waals surface area contributed by atoms with Crippen LogP contribution in [0.3, 0.4) is 0 Å². The average Bonchev–Trinajstić information content (AvgIpc) is 3.61. The van der Waals surface area contributed by atoms with Crippen molar-refractivity contribution in [1.82, 2.24) is 0 Å². The number of rotatable bonds is 10. The summed E-state index contributed by atoms with van der Waals surface area (Å²) in [4.78, 5) is 4.88. The second-order valence-corrected chi connectivity index (χ2v) is 18.8. The van der Waals surface area contributed by atoms with Crippen LogP contribution in [0.5, 0.6) is 0 Å². The van der Waals surface area contributed by atoms with Crippen LogP contribution in [-0.4, -0.2) is 0 Å². The summed E-state index contributed by atoms with van der Waals surface area (Å²) in [5.74, 6) is 1.57. The van der Waals surface area contributed by atoms with Gasteiger partial charge in [0.25, 0.3) is 0 Å². The zero-order valence-electron chi connectivity index (χ0n) is 37.5. The van der Waals surface area contributed by atoms with Gasteiger partial charge in [-0.1, -0.05) is 184 Å². The number of nitrogens with zero attached hydrogens (tertiary/aromatic N) is 2. The number of allylic oxidation sites excluding steroid dienone is 8. The second kappa shape index (κ2) is 17.4. The Hall–Kier alpha value is -7.16. The minimum absolute atomic E-state index is 0.00935. The summed E-state index contributed by atoms with van der Waals surface area (Å²) in [5, 5.41) is 0.